The maximum Gasteiger partial charge on any atom is 0.296 e. The van der Waals surface area contributed by atoms with Crippen molar-refractivity contribution >= 4 is 39.5 Å². The number of hydrogen-bond donors (Lipinski definition) is 1. The normalized spacial score (nSPS) is 10.7. The number of nitrogens with zero attached hydrogens (tertiary/aromatic N) is 2. The molecule has 8 heteroatoms. The van der Waals surface area contributed by atoms with Crippen LogP contribution in [0.25, 0.3) is 21.5 Å². The number of para-hydroxylation sites is 1. The van der Waals surface area contributed by atoms with Crippen LogP contribution in [0.1, 0.15) is 15.2 Å². The van der Waals surface area contributed by atoms with Crippen LogP contribution < -0.4 is 10.1 Å². The Balaban J connectivity index is 1.79. The molecule has 4 aromatic rings. The van der Waals surface area contributed by atoms with E-state index in [0.717, 1.165) is 9.75 Å². The molecule has 1 amide bonds. The Kier molecular flexibility index (Phi) is 5.16. The standard InChI is InChI=1S/C22H17N3O4S/c1-13-7-10-21(30-13)19-12-16(15-5-3-4-6-17(15)23-19)22(26)24-18-9-8-14(29-2)11-20(18)25(27)28/h3-12H,1-2H3,(H,24,26). The molecule has 0 bridgehead atoms. The number of amides is 1. The van der Waals surface area contributed by atoms with Crippen LogP contribution in [0.4, 0.5) is 11.4 Å². The van der Waals surface area contributed by atoms with E-state index < -0.39 is 10.8 Å². The second-order valence-corrected chi connectivity index (χ2v) is 7.86. The van der Waals surface area contributed by atoms with Crippen molar-refractivity contribution in [3.05, 3.63) is 81.2 Å². The molecule has 150 valence electrons. The SMILES string of the molecule is COc1ccc(NC(=O)c2cc(-c3ccc(C)s3)nc3ccccc23)c([N+](=O)[O-])c1. The number of rotatable bonds is 5. The van der Waals surface area contributed by atoms with Crippen LogP contribution >= 0.6 is 11.3 Å². The molecule has 2 aromatic heterocycles. The number of carbonyl (C=O) groups excluding carboxylic acids is 1. The van der Waals surface area contributed by atoms with Gasteiger partial charge in [0.25, 0.3) is 11.6 Å². The number of nitro groups is 1. The minimum Gasteiger partial charge on any atom is -0.496 e. The van der Waals surface area contributed by atoms with Gasteiger partial charge >= 0.3 is 0 Å². The molecule has 0 aliphatic carbocycles. The van der Waals surface area contributed by atoms with E-state index in [4.69, 9.17) is 4.74 Å². The van der Waals surface area contributed by atoms with Crippen LogP contribution in [0.5, 0.6) is 5.75 Å². The minimum absolute atomic E-state index is 0.0974. The molecule has 0 aliphatic heterocycles. The van der Waals surface area contributed by atoms with E-state index in [2.05, 4.69) is 10.3 Å². The largest absolute Gasteiger partial charge is 0.496 e. The third-order valence-electron chi connectivity index (χ3n) is 4.60. The summed E-state index contributed by atoms with van der Waals surface area (Å²) in [4.78, 5) is 30.8. The Morgan fingerprint density at radius 1 is 1.13 bits per heavy atom. The zero-order valence-electron chi connectivity index (χ0n) is 16.2. The fourth-order valence-corrected chi connectivity index (χ4v) is 3.97. The monoisotopic (exact) mass is 419 g/mol. The summed E-state index contributed by atoms with van der Waals surface area (Å²) in [5, 5.41) is 14.8. The predicted octanol–water partition coefficient (Wildman–Crippen LogP) is 5.44. The Labute approximate surface area is 176 Å². The number of ether oxygens (including phenoxy) is 1. The molecule has 0 fully saturated rings. The molecule has 0 saturated carbocycles. The van der Waals surface area contributed by atoms with Gasteiger partial charge in [0.1, 0.15) is 11.4 Å². The highest BCUT2D eigenvalue weighted by Gasteiger charge is 2.20. The highest BCUT2D eigenvalue weighted by molar-refractivity contribution is 7.15. The Morgan fingerprint density at radius 2 is 1.93 bits per heavy atom. The van der Waals surface area contributed by atoms with Gasteiger partial charge in [0.2, 0.25) is 0 Å². The van der Waals surface area contributed by atoms with Crippen molar-refractivity contribution < 1.29 is 14.5 Å². The fourth-order valence-electron chi connectivity index (χ4n) is 3.15. The van der Waals surface area contributed by atoms with E-state index in [1.165, 1.54) is 19.2 Å². The van der Waals surface area contributed by atoms with Crippen molar-refractivity contribution in [3.8, 4) is 16.3 Å². The number of fused-ring (bicyclic) bond motifs is 1. The van der Waals surface area contributed by atoms with Crippen molar-refractivity contribution in [1.82, 2.24) is 4.98 Å². The summed E-state index contributed by atoms with van der Waals surface area (Å²) >= 11 is 1.59. The Morgan fingerprint density at radius 3 is 2.63 bits per heavy atom. The van der Waals surface area contributed by atoms with Gasteiger partial charge in [-0.25, -0.2) is 4.98 Å². The van der Waals surface area contributed by atoms with Crippen molar-refractivity contribution in [2.24, 2.45) is 0 Å². The first-order chi connectivity index (χ1) is 14.5. The van der Waals surface area contributed by atoms with Gasteiger partial charge in [0.15, 0.2) is 0 Å². The Hall–Kier alpha value is -3.78. The van der Waals surface area contributed by atoms with Crippen LogP contribution in [0, 0.1) is 17.0 Å². The molecule has 7 nitrogen and oxygen atoms in total. The lowest BCUT2D eigenvalue weighted by Crippen LogP contribution is -2.14. The van der Waals surface area contributed by atoms with E-state index >= 15 is 0 Å². The molecule has 0 aliphatic rings. The summed E-state index contributed by atoms with van der Waals surface area (Å²) in [7, 11) is 1.42. The number of carbonyl (C=O) groups is 1. The van der Waals surface area contributed by atoms with Crippen LogP contribution in [0.3, 0.4) is 0 Å². The van der Waals surface area contributed by atoms with Gasteiger partial charge in [-0.2, -0.15) is 0 Å². The summed E-state index contributed by atoms with van der Waals surface area (Å²) in [6, 6.07) is 17.3. The summed E-state index contributed by atoms with van der Waals surface area (Å²) in [5.41, 5.74) is 1.61. The first-order valence-electron chi connectivity index (χ1n) is 9.06. The summed E-state index contributed by atoms with van der Waals surface area (Å²) in [5.74, 6) is -0.110. The van der Waals surface area contributed by atoms with Gasteiger partial charge in [-0.1, -0.05) is 18.2 Å². The van der Waals surface area contributed by atoms with Crippen LogP contribution in [0.15, 0.2) is 60.7 Å². The lowest BCUT2D eigenvalue weighted by atomic mass is 10.1. The number of pyridine rings is 1. The number of hydrogen-bond acceptors (Lipinski definition) is 6. The molecular formula is C22H17N3O4S. The minimum atomic E-state index is -0.553. The number of aryl methyl sites for hydroxylation is 1. The first kappa shape index (κ1) is 19.5. The lowest BCUT2D eigenvalue weighted by molar-refractivity contribution is -0.384. The molecule has 0 atom stereocenters. The second kappa shape index (κ2) is 7.92. The molecule has 2 aromatic carbocycles. The zero-order valence-corrected chi connectivity index (χ0v) is 17.0. The molecule has 0 saturated heterocycles. The molecule has 0 unspecified atom stereocenters. The van der Waals surface area contributed by atoms with Crippen molar-refractivity contribution in [2.45, 2.75) is 6.92 Å². The average molecular weight is 419 g/mol. The van der Waals surface area contributed by atoms with Crippen molar-refractivity contribution in [2.75, 3.05) is 12.4 Å². The predicted molar refractivity (Wildman–Crippen MR) is 117 cm³/mol. The highest BCUT2D eigenvalue weighted by Crippen LogP contribution is 2.32. The molecule has 4 rings (SSSR count). The van der Waals surface area contributed by atoms with Gasteiger partial charge in [0, 0.05) is 10.3 Å². The fraction of sp³-hybridized carbons (Fsp3) is 0.0909. The van der Waals surface area contributed by atoms with Crippen molar-refractivity contribution in [3.63, 3.8) is 0 Å². The van der Waals surface area contributed by atoms with E-state index in [1.807, 2.05) is 43.3 Å². The molecule has 0 spiro atoms. The van der Waals surface area contributed by atoms with E-state index in [-0.39, 0.29) is 11.4 Å². The van der Waals surface area contributed by atoms with Gasteiger partial charge < -0.3 is 10.1 Å². The smallest absolute Gasteiger partial charge is 0.296 e. The quantitative estimate of drug-likeness (QED) is 0.343. The summed E-state index contributed by atoms with van der Waals surface area (Å²) in [6.07, 6.45) is 0. The number of nitro benzene ring substituents is 1. The zero-order chi connectivity index (χ0) is 21.3. The first-order valence-corrected chi connectivity index (χ1v) is 9.88. The van der Waals surface area contributed by atoms with Crippen LogP contribution in [-0.4, -0.2) is 22.9 Å². The average Bonchev–Trinajstić information content (AvgIpc) is 3.19. The van der Waals surface area contributed by atoms with Gasteiger partial charge in [-0.05, 0) is 43.3 Å². The number of nitrogens with one attached hydrogen (secondary N) is 1. The number of benzene rings is 2. The van der Waals surface area contributed by atoms with Gasteiger partial charge in [0.05, 0.1) is 39.8 Å². The number of methoxy groups -OCH3 is 1. The van der Waals surface area contributed by atoms with Crippen molar-refractivity contribution in [1.29, 1.82) is 0 Å². The molecule has 1 N–H and O–H groups in total. The lowest BCUT2D eigenvalue weighted by Gasteiger charge is -2.11. The van der Waals surface area contributed by atoms with Gasteiger partial charge in [-0.15, -0.1) is 11.3 Å². The second-order valence-electron chi connectivity index (χ2n) is 6.58. The van der Waals surface area contributed by atoms with Crippen LogP contribution in [0.2, 0.25) is 0 Å². The van der Waals surface area contributed by atoms with E-state index in [0.29, 0.717) is 27.9 Å². The number of thiophene rings is 1. The molecule has 2 heterocycles. The Bertz CT molecular complexity index is 1280. The number of anilines is 1. The molecular weight excluding hydrogens is 402 g/mol. The topological polar surface area (TPSA) is 94.4 Å². The summed E-state index contributed by atoms with van der Waals surface area (Å²) < 4.78 is 5.05. The molecule has 30 heavy (non-hydrogen) atoms. The summed E-state index contributed by atoms with van der Waals surface area (Å²) in [6.45, 7) is 2.01. The van der Waals surface area contributed by atoms with Gasteiger partial charge in [-0.3, -0.25) is 14.9 Å². The third-order valence-corrected chi connectivity index (χ3v) is 5.63. The maximum absolute atomic E-state index is 13.2. The maximum atomic E-state index is 13.2. The third kappa shape index (κ3) is 3.72. The van der Waals surface area contributed by atoms with E-state index in [9.17, 15) is 14.9 Å². The van der Waals surface area contributed by atoms with E-state index in [1.54, 1.807) is 23.5 Å². The highest BCUT2D eigenvalue weighted by atomic mass is 32.1. The molecule has 0 radical (unpaired) electrons. The number of aromatic nitrogens is 1. The van der Waals surface area contributed by atoms with Crippen LogP contribution in [-0.2, 0) is 0 Å².